The molecule has 0 aromatic carbocycles. The van der Waals surface area contributed by atoms with E-state index in [1.807, 2.05) is 0 Å². The molecule has 54 valence electrons. The van der Waals surface area contributed by atoms with Crippen molar-refractivity contribution in [2.75, 3.05) is 0 Å². The fourth-order valence-electron chi connectivity index (χ4n) is 0.955. The van der Waals surface area contributed by atoms with E-state index in [-0.39, 0.29) is 6.10 Å². The first kappa shape index (κ1) is 6.99. The van der Waals surface area contributed by atoms with Crippen LogP contribution in [-0.4, -0.2) is 28.7 Å². The summed E-state index contributed by atoms with van der Waals surface area (Å²) in [6.07, 6.45) is -0.0843. The number of hydrogen-bond acceptors (Lipinski definition) is 3. The maximum absolute atomic E-state index is 9.06. The summed E-state index contributed by atoms with van der Waals surface area (Å²) in [7, 11) is 0. The summed E-state index contributed by atoms with van der Waals surface area (Å²) < 4.78 is 4.90. The first-order valence-electron chi connectivity index (χ1n) is 3.21. The average Bonchev–Trinajstić information content (AvgIpc) is 1.80. The number of rotatable bonds is 0. The largest absolute Gasteiger partial charge is 0.390 e. The van der Waals surface area contributed by atoms with Gasteiger partial charge in [-0.1, -0.05) is 0 Å². The normalized spacial score (nSPS) is 45.0. The Morgan fingerprint density at radius 1 is 1.33 bits per heavy atom. The predicted molar refractivity (Wildman–Crippen MR) is 31.8 cm³/mol. The van der Waals surface area contributed by atoms with E-state index in [4.69, 9.17) is 14.9 Å². The Morgan fingerprint density at radius 2 is 2.00 bits per heavy atom. The molecule has 0 saturated carbocycles. The Labute approximate surface area is 54.3 Å². The van der Waals surface area contributed by atoms with Crippen LogP contribution >= 0.6 is 0 Å². The van der Waals surface area contributed by atoms with Gasteiger partial charge >= 0.3 is 0 Å². The Kier molecular flexibility index (Phi) is 2.05. The molecule has 0 aliphatic carbocycles. The minimum atomic E-state index is -0.664. The lowest BCUT2D eigenvalue weighted by molar-refractivity contribution is -0.192. The van der Waals surface area contributed by atoms with Crippen LogP contribution in [0.15, 0.2) is 0 Å². The molecule has 3 nitrogen and oxygen atoms in total. The summed E-state index contributed by atoms with van der Waals surface area (Å²) in [6.45, 7) is 1.76. The molecule has 1 heterocycles. The molecule has 0 radical (unpaired) electrons. The van der Waals surface area contributed by atoms with Gasteiger partial charge in [0, 0.05) is 6.42 Å². The van der Waals surface area contributed by atoms with Gasteiger partial charge in [0.1, 0.15) is 0 Å². The van der Waals surface area contributed by atoms with Crippen molar-refractivity contribution in [3.05, 3.63) is 0 Å². The van der Waals surface area contributed by atoms with Gasteiger partial charge in [0.15, 0.2) is 6.29 Å². The summed E-state index contributed by atoms with van der Waals surface area (Å²) in [6, 6.07) is 0. The second-order valence-electron chi connectivity index (χ2n) is 2.44. The molecule has 3 heteroatoms. The van der Waals surface area contributed by atoms with E-state index in [1.165, 1.54) is 0 Å². The quantitative estimate of drug-likeness (QED) is 0.482. The molecule has 1 unspecified atom stereocenters. The van der Waals surface area contributed by atoms with Crippen LogP contribution in [0.3, 0.4) is 0 Å². The topological polar surface area (TPSA) is 49.7 Å². The van der Waals surface area contributed by atoms with Crippen molar-refractivity contribution in [3.8, 4) is 0 Å². The zero-order valence-electron chi connectivity index (χ0n) is 5.45. The second kappa shape index (κ2) is 2.64. The third kappa shape index (κ3) is 1.64. The Morgan fingerprint density at radius 3 is 2.44 bits per heavy atom. The van der Waals surface area contributed by atoms with Crippen LogP contribution in [0.5, 0.6) is 0 Å². The number of hydrogen-bond donors (Lipinski definition) is 2. The third-order valence-electron chi connectivity index (χ3n) is 1.62. The van der Waals surface area contributed by atoms with Crippen LogP contribution in [0.4, 0.5) is 0 Å². The molecule has 1 saturated heterocycles. The van der Waals surface area contributed by atoms with Crippen LogP contribution in [0.1, 0.15) is 19.8 Å². The second-order valence-corrected chi connectivity index (χ2v) is 2.44. The van der Waals surface area contributed by atoms with E-state index in [0.717, 1.165) is 0 Å². The lowest BCUT2D eigenvalue weighted by atomic mass is 10.1. The van der Waals surface area contributed by atoms with E-state index >= 15 is 0 Å². The van der Waals surface area contributed by atoms with Crippen LogP contribution in [0.2, 0.25) is 0 Å². The molecule has 2 N–H and O–H groups in total. The van der Waals surface area contributed by atoms with Crippen molar-refractivity contribution in [1.29, 1.82) is 0 Å². The van der Waals surface area contributed by atoms with E-state index in [1.54, 1.807) is 6.92 Å². The molecule has 1 rings (SSSR count). The first-order valence-corrected chi connectivity index (χ1v) is 3.21. The summed E-state index contributed by atoms with van der Waals surface area (Å²) in [4.78, 5) is 0. The van der Waals surface area contributed by atoms with Crippen molar-refractivity contribution < 1.29 is 14.9 Å². The Bertz CT molecular complexity index is 94.3. The van der Waals surface area contributed by atoms with Crippen LogP contribution < -0.4 is 0 Å². The van der Waals surface area contributed by atoms with Gasteiger partial charge in [-0.2, -0.15) is 0 Å². The molecule has 0 aromatic rings. The fraction of sp³-hybridized carbons (Fsp3) is 1.00. The molecule has 0 bridgehead atoms. The predicted octanol–water partition coefficient (Wildman–Crippen LogP) is -0.135. The zero-order chi connectivity index (χ0) is 6.85. The highest BCUT2D eigenvalue weighted by Gasteiger charge is 2.24. The lowest BCUT2D eigenvalue weighted by Gasteiger charge is -2.28. The van der Waals surface area contributed by atoms with Gasteiger partial charge in [-0.05, 0) is 13.3 Å². The SMILES string of the molecule is C[C@H]1OC(O)CC[C@H]1O. The van der Waals surface area contributed by atoms with Crippen LogP contribution in [-0.2, 0) is 4.74 Å². The summed E-state index contributed by atoms with van der Waals surface area (Å²) in [5.41, 5.74) is 0. The fourth-order valence-corrected chi connectivity index (χ4v) is 0.955. The highest BCUT2D eigenvalue weighted by molar-refractivity contribution is 4.69. The van der Waals surface area contributed by atoms with Gasteiger partial charge in [-0.15, -0.1) is 0 Å². The minimum Gasteiger partial charge on any atom is -0.390 e. The number of aliphatic hydroxyl groups is 2. The maximum atomic E-state index is 9.06. The van der Waals surface area contributed by atoms with E-state index < -0.39 is 12.4 Å². The van der Waals surface area contributed by atoms with Gasteiger partial charge in [0.05, 0.1) is 12.2 Å². The van der Waals surface area contributed by atoms with Gasteiger partial charge in [-0.25, -0.2) is 0 Å². The lowest BCUT2D eigenvalue weighted by Crippen LogP contribution is -2.36. The zero-order valence-corrected chi connectivity index (χ0v) is 5.45. The number of ether oxygens (including phenoxy) is 1. The van der Waals surface area contributed by atoms with Gasteiger partial charge in [-0.3, -0.25) is 0 Å². The van der Waals surface area contributed by atoms with Gasteiger partial charge in [0.2, 0.25) is 0 Å². The van der Waals surface area contributed by atoms with Crippen LogP contribution in [0.25, 0.3) is 0 Å². The van der Waals surface area contributed by atoms with Crippen molar-refractivity contribution in [2.24, 2.45) is 0 Å². The number of aliphatic hydroxyl groups excluding tert-OH is 2. The summed E-state index contributed by atoms with van der Waals surface area (Å²) in [5.74, 6) is 0. The third-order valence-corrected chi connectivity index (χ3v) is 1.62. The Balaban J connectivity index is 2.35. The maximum Gasteiger partial charge on any atom is 0.155 e. The molecule has 0 aromatic heterocycles. The molecule has 1 aliphatic heterocycles. The molecule has 1 fully saturated rings. The first-order chi connectivity index (χ1) is 4.20. The smallest absolute Gasteiger partial charge is 0.155 e. The monoisotopic (exact) mass is 132 g/mol. The Hall–Kier alpha value is -0.120. The van der Waals surface area contributed by atoms with Crippen molar-refractivity contribution >= 4 is 0 Å². The minimum absolute atomic E-state index is 0.214. The molecule has 0 spiro atoms. The highest BCUT2D eigenvalue weighted by atomic mass is 16.6. The summed E-state index contributed by atoms with van der Waals surface area (Å²) >= 11 is 0. The van der Waals surface area contributed by atoms with Gasteiger partial charge < -0.3 is 14.9 Å². The molecule has 0 amide bonds. The summed E-state index contributed by atoms with van der Waals surface area (Å²) in [5, 5.41) is 17.9. The standard InChI is InChI=1S/C6H12O3/c1-4-5(7)2-3-6(8)9-4/h4-8H,2-3H2,1H3/t4-,5-,6?/m1/s1. The van der Waals surface area contributed by atoms with Crippen molar-refractivity contribution in [1.82, 2.24) is 0 Å². The molecular weight excluding hydrogens is 120 g/mol. The van der Waals surface area contributed by atoms with E-state index in [2.05, 4.69) is 0 Å². The highest BCUT2D eigenvalue weighted by Crippen LogP contribution is 2.16. The molecule has 3 atom stereocenters. The molecule has 9 heavy (non-hydrogen) atoms. The van der Waals surface area contributed by atoms with E-state index in [0.29, 0.717) is 12.8 Å². The van der Waals surface area contributed by atoms with Crippen LogP contribution in [0, 0.1) is 0 Å². The molecular formula is C6H12O3. The van der Waals surface area contributed by atoms with Crippen molar-refractivity contribution in [2.45, 2.75) is 38.3 Å². The van der Waals surface area contributed by atoms with E-state index in [9.17, 15) is 0 Å². The average molecular weight is 132 g/mol. The van der Waals surface area contributed by atoms with Gasteiger partial charge in [0.25, 0.3) is 0 Å². The van der Waals surface area contributed by atoms with Crippen molar-refractivity contribution in [3.63, 3.8) is 0 Å². The molecule has 1 aliphatic rings.